The number of anilines is 1. The van der Waals surface area contributed by atoms with E-state index in [2.05, 4.69) is 15.6 Å². The van der Waals surface area contributed by atoms with Crippen LogP contribution in [-0.4, -0.2) is 81.1 Å². The summed E-state index contributed by atoms with van der Waals surface area (Å²) in [7, 11) is 1.44. The molecule has 4 aliphatic heterocycles. The smallest absolute Gasteiger partial charge is 0.312 e. The summed E-state index contributed by atoms with van der Waals surface area (Å²) < 4.78 is 52.7. The van der Waals surface area contributed by atoms with Gasteiger partial charge in [-0.05, 0) is 55.3 Å². The van der Waals surface area contributed by atoms with Gasteiger partial charge in [0.1, 0.15) is 45.6 Å². The maximum atomic E-state index is 15.0. The monoisotopic (exact) mass is 978 g/mol. The number of nitrogens with one attached hydrogen (secondary N) is 2. The van der Waals surface area contributed by atoms with Gasteiger partial charge in [-0.25, -0.2) is 13.8 Å². The summed E-state index contributed by atoms with van der Waals surface area (Å²) in [6, 6.07) is 10.9. The number of aliphatic hydroxyl groups is 2. The molecular weight excluding hydrogens is 919 g/mol. The highest BCUT2D eigenvalue weighted by molar-refractivity contribution is 6.21. The fourth-order valence-corrected chi connectivity index (χ4v) is 10.5. The SMILES string of the molecule is CO[C@H]1C=CO[C@@]2(C)Oc3c(C)c(O)c4c(O)c(c5c(c4c3C2=O)NC2(C[C@@H](c3ccc(F)cc3)N[C@@H](c3ccc(F)cc3)C2)N=5)=NC(=O)/C(C)=C\C=C/[C@H](C)[C@H](O)[C@@H](C)[C@H](O)[C@H](C)[C@H](OC(C)=O)[C@@H]1C. The Bertz CT molecular complexity index is 2940. The third kappa shape index (κ3) is 9.43. The molecule has 376 valence electrons. The van der Waals surface area contributed by atoms with Crippen molar-refractivity contribution in [3.63, 3.8) is 0 Å². The number of esters is 1. The van der Waals surface area contributed by atoms with Crippen LogP contribution in [0.3, 0.4) is 0 Å². The number of hydrogen-bond acceptors (Lipinski definition) is 14. The average molecular weight is 979 g/mol. The van der Waals surface area contributed by atoms with Crippen molar-refractivity contribution in [3.8, 4) is 17.2 Å². The normalized spacial score (nSPS) is 32.3. The molecule has 0 saturated carbocycles. The molecule has 17 heteroatoms. The summed E-state index contributed by atoms with van der Waals surface area (Å²) in [6.45, 7) is 12.6. The fraction of sp³-hybridized carbons (Fsp3) is 0.426. The van der Waals surface area contributed by atoms with Crippen molar-refractivity contribution in [1.82, 2.24) is 5.32 Å². The second-order valence-electron chi connectivity index (χ2n) is 19.6. The lowest BCUT2D eigenvalue weighted by molar-refractivity contribution is -0.160. The minimum atomic E-state index is -2.07. The molecule has 8 rings (SSSR count). The van der Waals surface area contributed by atoms with Gasteiger partial charge in [0.2, 0.25) is 0 Å². The molecule has 4 aliphatic rings. The van der Waals surface area contributed by atoms with E-state index in [0.29, 0.717) is 11.1 Å². The third-order valence-corrected chi connectivity index (χ3v) is 14.6. The first-order valence-corrected chi connectivity index (χ1v) is 23.7. The molecule has 0 radical (unpaired) electrons. The maximum absolute atomic E-state index is 15.0. The number of amides is 1. The lowest BCUT2D eigenvalue weighted by atomic mass is 9.78. The van der Waals surface area contributed by atoms with Crippen molar-refractivity contribution in [1.29, 1.82) is 0 Å². The third-order valence-electron chi connectivity index (χ3n) is 14.6. The number of benzene rings is 4. The maximum Gasteiger partial charge on any atom is 0.312 e. The molecule has 1 saturated heterocycles. The van der Waals surface area contributed by atoms with Crippen LogP contribution in [0.25, 0.3) is 10.8 Å². The zero-order valence-electron chi connectivity index (χ0n) is 41.0. The summed E-state index contributed by atoms with van der Waals surface area (Å²) in [5.74, 6) is -8.80. The number of methoxy groups -OCH3 is 1. The molecule has 1 amide bonds. The highest BCUT2D eigenvalue weighted by Gasteiger charge is 2.51. The van der Waals surface area contributed by atoms with Gasteiger partial charge >= 0.3 is 11.8 Å². The summed E-state index contributed by atoms with van der Waals surface area (Å²) in [5.41, 5.74) is 0.408. The number of phenols is 2. The Kier molecular flexibility index (Phi) is 14.0. The number of carbonyl (C=O) groups is 3. The van der Waals surface area contributed by atoms with E-state index in [9.17, 15) is 38.8 Å². The summed E-state index contributed by atoms with van der Waals surface area (Å²) in [5, 5.41) is 54.3. The van der Waals surface area contributed by atoms with E-state index >= 15 is 4.79 Å². The number of hydrogen-bond donors (Lipinski definition) is 6. The van der Waals surface area contributed by atoms with Gasteiger partial charge in [-0.1, -0.05) is 70.2 Å². The van der Waals surface area contributed by atoms with Gasteiger partial charge < -0.3 is 50.0 Å². The lowest BCUT2D eigenvalue weighted by Crippen LogP contribution is -2.48. The molecule has 6 N–H and O–H groups in total. The number of halogens is 2. The molecule has 4 heterocycles. The van der Waals surface area contributed by atoms with E-state index in [1.54, 1.807) is 64.1 Å². The second-order valence-corrected chi connectivity index (χ2v) is 19.6. The number of piperidine rings is 1. The molecule has 12 atom stereocenters. The van der Waals surface area contributed by atoms with Crippen molar-refractivity contribution in [2.75, 3.05) is 12.4 Å². The molecule has 0 aromatic heterocycles. The largest absolute Gasteiger partial charge is 0.507 e. The Balaban J connectivity index is 1.34. The zero-order valence-corrected chi connectivity index (χ0v) is 41.0. The minimum absolute atomic E-state index is 0.00390. The lowest BCUT2D eigenvalue weighted by Gasteiger charge is -2.42. The van der Waals surface area contributed by atoms with Crippen molar-refractivity contribution < 1.29 is 62.5 Å². The van der Waals surface area contributed by atoms with Crippen LogP contribution in [0.4, 0.5) is 14.5 Å². The van der Waals surface area contributed by atoms with Gasteiger partial charge in [-0.2, -0.15) is 0 Å². The molecule has 1 unspecified atom stereocenters. The highest BCUT2D eigenvalue weighted by Crippen LogP contribution is 2.52. The average Bonchev–Trinajstić information content (AvgIpc) is 3.83. The van der Waals surface area contributed by atoms with Crippen LogP contribution < -0.4 is 26.1 Å². The van der Waals surface area contributed by atoms with Gasteiger partial charge in [-0.15, -0.1) is 0 Å². The second kappa shape index (κ2) is 19.6. The quantitative estimate of drug-likeness (QED) is 0.0887. The minimum Gasteiger partial charge on any atom is -0.507 e. The van der Waals surface area contributed by atoms with Gasteiger partial charge in [0.25, 0.3) is 11.7 Å². The van der Waals surface area contributed by atoms with Crippen LogP contribution in [0.15, 0.2) is 94.7 Å². The Morgan fingerprint density at radius 1 is 0.831 bits per heavy atom. The van der Waals surface area contributed by atoms with Gasteiger partial charge in [-0.3, -0.25) is 19.4 Å². The van der Waals surface area contributed by atoms with E-state index in [1.165, 1.54) is 77.5 Å². The number of Topliss-reactive ketones (excluding diaryl/α,β-unsaturated/α-hetero) is 1. The number of fused-ring (bicyclic) bond motifs is 1. The van der Waals surface area contributed by atoms with Crippen LogP contribution >= 0.6 is 0 Å². The standard InChI is InChI=1S/C54H60F2N4O11/c1-25-11-10-12-26(2)52(67)58-44-43-42(59-54(60-43)23-36(32-13-17-34(55)18-14-32)57-37(24-54)33-15-19-35(56)20-16-33)39-40(48(44)65)47(64)30(6)50-41(39)51(66)53(8,71-50)69-22-21-38(68-9)27(3)49(70-31(7)61)29(5)46(63)28(4)45(25)62/h10-22,25,27-29,36-38,45-46,49,57,59,62-65H,23-24H2,1-9H3/b11-10-,22-21?,26-12-,58-44?/t25-,27+,28+,29-,36-,37+,38-,45-,46-,49+,53-,54?/m0/s1. The summed E-state index contributed by atoms with van der Waals surface area (Å²) in [4.78, 5) is 51.4. The molecular formula is C54H60F2N4O11. The first kappa shape index (κ1) is 50.8. The fourth-order valence-electron chi connectivity index (χ4n) is 10.5. The first-order chi connectivity index (χ1) is 33.6. The Morgan fingerprint density at radius 2 is 1.44 bits per heavy atom. The zero-order chi connectivity index (χ0) is 51.4. The number of aliphatic hydroxyl groups excluding tert-OH is 2. The number of aromatic hydroxyl groups is 2. The van der Waals surface area contributed by atoms with Crippen molar-refractivity contribution >= 4 is 34.1 Å². The number of ether oxygens (including phenoxy) is 4. The van der Waals surface area contributed by atoms with Crippen LogP contribution in [0.2, 0.25) is 0 Å². The Hall–Kier alpha value is -6.53. The summed E-state index contributed by atoms with van der Waals surface area (Å²) >= 11 is 0. The Morgan fingerprint density at radius 3 is 2.01 bits per heavy atom. The number of rotatable bonds is 4. The topological polar surface area (TPSA) is 218 Å². The number of allylic oxidation sites excluding steroid dienone is 2. The van der Waals surface area contributed by atoms with Gasteiger partial charge in [0.05, 0.1) is 41.2 Å². The molecule has 4 aromatic rings. The number of nitrogens with zero attached hydrogens (tertiary/aromatic N) is 2. The number of ketones is 1. The van der Waals surface area contributed by atoms with Gasteiger partial charge in [0.15, 0.2) is 5.75 Å². The predicted molar refractivity (Wildman–Crippen MR) is 258 cm³/mol. The molecule has 0 aliphatic carbocycles. The first-order valence-electron chi connectivity index (χ1n) is 23.7. The van der Waals surface area contributed by atoms with Crippen LogP contribution in [-0.2, 0) is 23.8 Å². The Labute approximate surface area is 409 Å². The van der Waals surface area contributed by atoms with Crippen LogP contribution in [0.1, 0.15) is 100 Å². The molecule has 4 aromatic carbocycles. The number of phenolic OH excluding ortho intramolecular Hbond substituents is 2. The molecule has 4 bridgehead atoms. The van der Waals surface area contributed by atoms with E-state index in [-0.39, 0.29) is 62.5 Å². The van der Waals surface area contributed by atoms with Gasteiger partial charge in [0, 0.05) is 86.1 Å². The number of carbonyl (C=O) groups excluding carboxylic acids is 3. The van der Waals surface area contributed by atoms with Crippen molar-refractivity contribution in [3.05, 3.63) is 129 Å². The van der Waals surface area contributed by atoms with E-state index in [4.69, 9.17) is 23.9 Å². The van der Waals surface area contributed by atoms with E-state index in [1.807, 2.05) is 0 Å². The molecule has 71 heavy (non-hydrogen) atoms. The van der Waals surface area contributed by atoms with Crippen molar-refractivity contribution in [2.24, 2.45) is 33.7 Å². The molecule has 15 nitrogen and oxygen atoms in total. The van der Waals surface area contributed by atoms with Crippen LogP contribution in [0.5, 0.6) is 17.2 Å². The van der Waals surface area contributed by atoms with E-state index in [0.717, 1.165) is 0 Å². The highest BCUT2D eigenvalue weighted by atomic mass is 19.1. The molecule has 1 fully saturated rings. The summed E-state index contributed by atoms with van der Waals surface area (Å²) in [6.07, 6.45) is 3.87. The predicted octanol–water partition coefficient (Wildman–Crippen LogP) is 7.14. The van der Waals surface area contributed by atoms with E-state index < -0.39 is 112 Å². The van der Waals surface area contributed by atoms with Crippen molar-refractivity contribution in [2.45, 2.75) is 116 Å². The van der Waals surface area contributed by atoms with Crippen LogP contribution in [0, 0.1) is 42.2 Å². The molecule has 1 spiro atoms.